The van der Waals surface area contributed by atoms with Crippen molar-refractivity contribution in [3.05, 3.63) is 42.1 Å². The van der Waals surface area contributed by atoms with E-state index in [2.05, 4.69) is 15.5 Å². The molecule has 5 heteroatoms. The van der Waals surface area contributed by atoms with Crippen molar-refractivity contribution in [3.8, 4) is 17.5 Å². The Morgan fingerprint density at radius 1 is 1.38 bits per heavy atom. The zero-order chi connectivity index (χ0) is 11.4. The molecule has 1 aromatic heterocycles. The number of amides is 1. The van der Waals surface area contributed by atoms with Crippen molar-refractivity contribution < 1.29 is 4.79 Å². The largest absolute Gasteiger partial charge is 0.277 e. The number of hydrogen-bond donors (Lipinski definition) is 2. The molecule has 0 spiro atoms. The number of nitrogens with zero attached hydrogens (tertiary/aromatic N) is 2. The molecule has 0 unspecified atom stereocenters. The lowest BCUT2D eigenvalue weighted by atomic mass is 10.1. The number of benzene rings is 1. The van der Waals surface area contributed by atoms with Crippen molar-refractivity contribution >= 4 is 5.91 Å². The van der Waals surface area contributed by atoms with Crippen LogP contribution in [-0.2, 0) is 0 Å². The molecule has 0 aliphatic rings. The molecule has 1 heterocycles. The van der Waals surface area contributed by atoms with Gasteiger partial charge in [-0.3, -0.25) is 15.2 Å². The van der Waals surface area contributed by atoms with Gasteiger partial charge in [-0.15, -0.1) is 0 Å². The van der Waals surface area contributed by atoms with Gasteiger partial charge >= 0.3 is 0 Å². The summed E-state index contributed by atoms with van der Waals surface area (Å²) in [6.45, 7) is 0. The van der Waals surface area contributed by atoms with Gasteiger partial charge in [-0.2, -0.15) is 10.4 Å². The van der Waals surface area contributed by atoms with Gasteiger partial charge in [0.2, 0.25) is 0 Å². The first-order valence-electron chi connectivity index (χ1n) is 4.61. The summed E-state index contributed by atoms with van der Waals surface area (Å²) in [6.07, 6.45) is 2.99. The van der Waals surface area contributed by atoms with Gasteiger partial charge in [0.05, 0.1) is 17.5 Å². The van der Waals surface area contributed by atoms with Gasteiger partial charge in [-0.05, 0) is 0 Å². The summed E-state index contributed by atoms with van der Waals surface area (Å²) >= 11 is 0. The Labute approximate surface area is 91.7 Å². The third-order valence-corrected chi connectivity index (χ3v) is 2.12. The molecular weight excluding hydrogens is 204 g/mol. The molecule has 0 bridgehead atoms. The average molecular weight is 212 g/mol. The van der Waals surface area contributed by atoms with Crippen LogP contribution in [0.25, 0.3) is 11.3 Å². The van der Waals surface area contributed by atoms with E-state index in [0.717, 1.165) is 5.56 Å². The Kier molecular flexibility index (Phi) is 2.65. The normalized spacial score (nSPS) is 9.44. The summed E-state index contributed by atoms with van der Waals surface area (Å²) in [5.41, 5.74) is 1.81. The number of rotatable bonds is 2. The highest BCUT2D eigenvalue weighted by atomic mass is 16.1. The second-order valence-corrected chi connectivity index (χ2v) is 3.09. The van der Waals surface area contributed by atoms with Crippen molar-refractivity contribution in [1.29, 1.82) is 5.26 Å². The molecular formula is C11H8N4O. The van der Waals surface area contributed by atoms with Crippen LogP contribution in [0, 0.1) is 11.5 Å². The molecule has 0 saturated carbocycles. The molecule has 1 amide bonds. The summed E-state index contributed by atoms with van der Waals surface area (Å²) in [5, 5.41) is 17.0. The van der Waals surface area contributed by atoms with Crippen molar-refractivity contribution in [2.24, 2.45) is 0 Å². The van der Waals surface area contributed by atoms with Gasteiger partial charge in [0.25, 0.3) is 5.91 Å². The second kappa shape index (κ2) is 4.28. The van der Waals surface area contributed by atoms with E-state index in [1.807, 2.05) is 30.3 Å². The molecule has 1 aromatic carbocycles. The molecule has 2 N–H and O–H groups in total. The average Bonchev–Trinajstić information content (AvgIpc) is 2.79. The maximum absolute atomic E-state index is 11.5. The standard InChI is InChI=1S/C11H8N4O/c12-7-13-11(16)9-6-14-15-10(9)8-4-2-1-3-5-8/h1-6H,(H,13,16)(H,14,15). The minimum atomic E-state index is -0.463. The van der Waals surface area contributed by atoms with Crippen LogP contribution in [0.15, 0.2) is 36.5 Å². The number of nitriles is 1. The molecule has 16 heavy (non-hydrogen) atoms. The summed E-state index contributed by atoms with van der Waals surface area (Å²) < 4.78 is 0. The molecule has 2 aromatic rings. The van der Waals surface area contributed by atoms with Crippen LogP contribution >= 0.6 is 0 Å². The zero-order valence-electron chi connectivity index (χ0n) is 8.27. The number of hydrogen-bond acceptors (Lipinski definition) is 3. The van der Waals surface area contributed by atoms with Gasteiger partial charge in [0.15, 0.2) is 6.19 Å². The van der Waals surface area contributed by atoms with Crippen molar-refractivity contribution in [3.63, 3.8) is 0 Å². The lowest BCUT2D eigenvalue weighted by Gasteiger charge is -2.00. The van der Waals surface area contributed by atoms with Crippen LogP contribution in [0.4, 0.5) is 0 Å². The molecule has 0 radical (unpaired) electrons. The summed E-state index contributed by atoms with van der Waals surface area (Å²) in [6, 6.07) is 9.33. The van der Waals surface area contributed by atoms with Crippen LogP contribution in [-0.4, -0.2) is 16.1 Å². The first kappa shape index (κ1) is 9.93. The summed E-state index contributed by atoms with van der Waals surface area (Å²) in [7, 11) is 0. The van der Waals surface area contributed by atoms with Gasteiger partial charge in [-0.25, -0.2) is 0 Å². The Hall–Kier alpha value is -2.61. The summed E-state index contributed by atoms with van der Waals surface area (Å²) in [5.74, 6) is -0.463. The molecule has 0 aliphatic heterocycles. The number of nitrogens with one attached hydrogen (secondary N) is 2. The van der Waals surface area contributed by atoms with Gasteiger partial charge in [0.1, 0.15) is 0 Å². The van der Waals surface area contributed by atoms with E-state index in [1.54, 1.807) is 6.19 Å². The maximum atomic E-state index is 11.5. The van der Waals surface area contributed by atoms with Crippen LogP contribution in [0.5, 0.6) is 0 Å². The van der Waals surface area contributed by atoms with E-state index in [-0.39, 0.29) is 0 Å². The number of aromatic nitrogens is 2. The van der Waals surface area contributed by atoms with Crippen LogP contribution in [0.1, 0.15) is 10.4 Å². The lowest BCUT2D eigenvalue weighted by molar-refractivity contribution is 0.0973. The SMILES string of the molecule is N#CNC(=O)c1cn[nH]c1-c1ccccc1. The van der Waals surface area contributed by atoms with E-state index in [4.69, 9.17) is 5.26 Å². The third-order valence-electron chi connectivity index (χ3n) is 2.12. The molecule has 0 atom stereocenters. The predicted octanol–water partition coefficient (Wildman–Crippen LogP) is 1.29. The van der Waals surface area contributed by atoms with Gasteiger partial charge in [0, 0.05) is 5.56 Å². The van der Waals surface area contributed by atoms with E-state index in [9.17, 15) is 4.79 Å². The van der Waals surface area contributed by atoms with Crippen LogP contribution < -0.4 is 5.32 Å². The third kappa shape index (κ3) is 1.77. The highest BCUT2D eigenvalue weighted by molar-refractivity contribution is 6.00. The number of H-pyrrole nitrogens is 1. The fraction of sp³-hybridized carbons (Fsp3) is 0. The van der Waals surface area contributed by atoms with E-state index < -0.39 is 5.91 Å². The Balaban J connectivity index is 2.41. The topological polar surface area (TPSA) is 81.6 Å². The molecule has 0 aliphatic carbocycles. The molecule has 78 valence electrons. The number of carbonyl (C=O) groups is 1. The van der Waals surface area contributed by atoms with Crippen molar-refractivity contribution in [1.82, 2.24) is 15.5 Å². The van der Waals surface area contributed by atoms with Crippen molar-refractivity contribution in [2.45, 2.75) is 0 Å². The van der Waals surface area contributed by atoms with E-state index >= 15 is 0 Å². The highest BCUT2D eigenvalue weighted by Crippen LogP contribution is 2.20. The molecule has 2 rings (SSSR count). The fourth-order valence-corrected chi connectivity index (χ4v) is 1.40. The monoisotopic (exact) mass is 212 g/mol. The highest BCUT2D eigenvalue weighted by Gasteiger charge is 2.14. The number of carbonyl (C=O) groups excluding carboxylic acids is 1. The molecule has 5 nitrogen and oxygen atoms in total. The molecule has 0 fully saturated rings. The van der Waals surface area contributed by atoms with Crippen LogP contribution in [0.2, 0.25) is 0 Å². The van der Waals surface area contributed by atoms with E-state index in [0.29, 0.717) is 11.3 Å². The molecule has 0 saturated heterocycles. The van der Waals surface area contributed by atoms with Gasteiger partial charge < -0.3 is 0 Å². The maximum Gasteiger partial charge on any atom is 0.268 e. The minimum Gasteiger partial charge on any atom is -0.277 e. The Morgan fingerprint density at radius 2 is 2.12 bits per heavy atom. The first-order chi connectivity index (χ1) is 7.83. The quantitative estimate of drug-likeness (QED) is 0.581. The van der Waals surface area contributed by atoms with Crippen molar-refractivity contribution in [2.75, 3.05) is 0 Å². The Bertz CT molecular complexity index is 539. The summed E-state index contributed by atoms with van der Waals surface area (Å²) in [4.78, 5) is 11.5. The Morgan fingerprint density at radius 3 is 2.81 bits per heavy atom. The fourth-order valence-electron chi connectivity index (χ4n) is 1.40. The number of aromatic amines is 1. The van der Waals surface area contributed by atoms with Crippen LogP contribution in [0.3, 0.4) is 0 Å². The first-order valence-corrected chi connectivity index (χ1v) is 4.61. The smallest absolute Gasteiger partial charge is 0.268 e. The van der Waals surface area contributed by atoms with Gasteiger partial charge in [-0.1, -0.05) is 30.3 Å². The van der Waals surface area contributed by atoms with E-state index in [1.165, 1.54) is 6.20 Å². The second-order valence-electron chi connectivity index (χ2n) is 3.09. The zero-order valence-corrected chi connectivity index (χ0v) is 8.27. The predicted molar refractivity (Wildman–Crippen MR) is 57.1 cm³/mol. The lowest BCUT2D eigenvalue weighted by Crippen LogP contribution is -2.17. The minimum absolute atomic E-state index is 0.354.